The summed E-state index contributed by atoms with van der Waals surface area (Å²) in [6.07, 6.45) is -2.60. The number of carbonyl (C=O) groups is 1. The lowest BCUT2D eigenvalue weighted by atomic mass is 10.1. The minimum absolute atomic E-state index is 0.177. The maximum Gasteiger partial charge on any atom is 0.416 e. The van der Waals surface area contributed by atoms with E-state index in [0.717, 1.165) is 28.4 Å². The molecule has 0 aliphatic heterocycles. The van der Waals surface area contributed by atoms with E-state index >= 15 is 0 Å². The fraction of sp³-hybridized carbons (Fsp3) is 0.182. The van der Waals surface area contributed by atoms with E-state index in [1.807, 2.05) is 6.20 Å². The molecular formula is C22H18F3N7O. The van der Waals surface area contributed by atoms with Crippen molar-refractivity contribution in [3.05, 3.63) is 71.4 Å². The van der Waals surface area contributed by atoms with Gasteiger partial charge in [-0.2, -0.15) is 23.4 Å². The maximum absolute atomic E-state index is 13.0. The van der Waals surface area contributed by atoms with Crippen LogP contribution < -0.4 is 5.32 Å². The van der Waals surface area contributed by atoms with Gasteiger partial charge in [-0.3, -0.25) is 19.1 Å². The number of benzene rings is 2. The molecule has 2 aromatic carbocycles. The molecule has 0 spiro atoms. The Morgan fingerprint density at radius 1 is 1.12 bits per heavy atom. The first-order valence-corrected chi connectivity index (χ1v) is 10.0. The molecule has 168 valence electrons. The minimum atomic E-state index is -4.41. The quantitative estimate of drug-likeness (QED) is 0.432. The molecule has 0 aliphatic rings. The summed E-state index contributed by atoms with van der Waals surface area (Å²) in [6.45, 7) is 1.95. The predicted octanol–water partition coefficient (Wildman–Crippen LogP) is 3.89. The third-order valence-corrected chi connectivity index (χ3v) is 5.31. The zero-order valence-electron chi connectivity index (χ0n) is 17.6. The number of hydrogen-bond acceptors (Lipinski definition) is 4. The predicted molar refractivity (Wildman–Crippen MR) is 115 cm³/mol. The van der Waals surface area contributed by atoms with Gasteiger partial charge in [0.15, 0.2) is 11.5 Å². The summed E-state index contributed by atoms with van der Waals surface area (Å²) in [7, 11) is 1.76. The second kappa shape index (κ2) is 7.47. The average Bonchev–Trinajstić information content (AvgIpc) is 3.44. The van der Waals surface area contributed by atoms with Gasteiger partial charge in [-0.15, -0.1) is 0 Å². The molecule has 0 unspecified atom stereocenters. The second-order valence-corrected chi connectivity index (χ2v) is 7.67. The van der Waals surface area contributed by atoms with Crippen molar-refractivity contribution in [2.75, 3.05) is 0 Å². The summed E-state index contributed by atoms with van der Waals surface area (Å²) < 4.78 is 42.4. The first-order valence-electron chi connectivity index (χ1n) is 10.0. The molecule has 2 N–H and O–H groups in total. The van der Waals surface area contributed by atoms with Crippen LogP contribution in [0.3, 0.4) is 0 Å². The molecule has 0 saturated heterocycles. The number of halogens is 3. The summed E-state index contributed by atoms with van der Waals surface area (Å²) in [5.74, 6) is 0.841. The number of aromatic amines is 1. The van der Waals surface area contributed by atoms with Gasteiger partial charge in [0.05, 0.1) is 17.6 Å². The fourth-order valence-corrected chi connectivity index (χ4v) is 3.82. The lowest BCUT2D eigenvalue weighted by molar-refractivity contribution is -0.137. The molecule has 0 saturated carbocycles. The molecule has 5 aromatic rings. The summed E-state index contributed by atoms with van der Waals surface area (Å²) in [6, 6.07) is 10.1. The maximum atomic E-state index is 13.0. The molecule has 33 heavy (non-hydrogen) atoms. The molecule has 8 nitrogen and oxygen atoms in total. The molecule has 0 atom stereocenters. The largest absolute Gasteiger partial charge is 0.416 e. The normalized spacial score (nSPS) is 12.0. The number of nitrogens with one attached hydrogen (secondary N) is 2. The highest BCUT2D eigenvalue weighted by molar-refractivity contribution is 6.10. The highest BCUT2D eigenvalue weighted by atomic mass is 19.4. The topological polar surface area (TPSA) is 93.4 Å². The lowest BCUT2D eigenvalue weighted by Crippen LogP contribution is -2.23. The van der Waals surface area contributed by atoms with E-state index < -0.39 is 11.7 Å². The Bertz CT molecular complexity index is 1490. The van der Waals surface area contributed by atoms with Crippen LogP contribution in [0.5, 0.6) is 0 Å². The minimum Gasteiger partial charge on any atom is -0.345 e. The van der Waals surface area contributed by atoms with Gasteiger partial charge in [0.2, 0.25) is 0 Å². The number of aryl methyl sites for hydroxylation is 2. The van der Waals surface area contributed by atoms with E-state index in [-0.39, 0.29) is 12.5 Å². The number of carbonyl (C=O) groups excluding carboxylic acids is 1. The van der Waals surface area contributed by atoms with Crippen LogP contribution in [0.2, 0.25) is 0 Å². The van der Waals surface area contributed by atoms with Crippen molar-refractivity contribution in [3.8, 4) is 5.69 Å². The molecule has 3 aromatic heterocycles. The van der Waals surface area contributed by atoms with Crippen LogP contribution >= 0.6 is 0 Å². The number of amides is 1. The van der Waals surface area contributed by atoms with Crippen molar-refractivity contribution in [1.82, 2.24) is 34.8 Å². The van der Waals surface area contributed by atoms with Crippen molar-refractivity contribution in [1.29, 1.82) is 0 Å². The van der Waals surface area contributed by atoms with Crippen molar-refractivity contribution in [2.45, 2.75) is 19.6 Å². The number of H-pyrrole nitrogens is 1. The first kappa shape index (κ1) is 20.7. The Labute approximate surface area is 185 Å². The molecule has 0 bridgehead atoms. The lowest BCUT2D eigenvalue weighted by Gasteiger charge is -2.10. The fourth-order valence-electron chi connectivity index (χ4n) is 3.82. The van der Waals surface area contributed by atoms with Gasteiger partial charge in [-0.1, -0.05) is 0 Å². The van der Waals surface area contributed by atoms with Gasteiger partial charge in [0, 0.05) is 35.3 Å². The zero-order valence-corrected chi connectivity index (χ0v) is 17.6. The molecule has 0 fully saturated rings. The van der Waals surface area contributed by atoms with Crippen LogP contribution in [-0.2, 0) is 19.8 Å². The monoisotopic (exact) mass is 453 g/mol. The van der Waals surface area contributed by atoms with E-state index in [2.05, 4.69) is 25.6 Å². The van der Waals surface area contributed by atoms with Crippen LogP contribution in [0.1, 0.15) is 27.6 Å². The van der Waals surface area contributed by atoms with Crippen LogP contribution in [0.4, 0.5) is 13.2 Å². The summed E-state index contributed by atoms with van der Waals surface area (Å²) >= 11 is 0. The number of alkyl halides is 3. The zero-order chi connectivity index (χ0) is 23.3. The van der Waals surface area contributed by atoms with Gasteiger partial charge in [0.25, 0.3) is 5.91 Å². The van der Waals surface area contributed by atoms with Gasteiger partial charge < -0.3 is 5.32 Å². The van der Waals surface area contributed by atoms with Gasteiger partial charge in [-0.05, 0) is 49.4 Å². The summed E-state index contributed by atoms with van der Waals surface area (Å²) in [5, 5.41) is 15.5. The van der Waals surface area contributed by atoms with E-state index in [4.69, 9.17) is 0 Å². The van der Waals surface area contributed by atoms with Gasteiger partial charge >= 0.3 is 6.18 Å². The van der Waals surface area contributed by atoms with Crippen molar-refractivity contribution < 1.29 is 18.0 Å². The third-order valence-electron chi connectivity index (χ3n) is 5.31. The summed E-state index contributed by atoms with van der Waals surface area (Å²) in [5.41, 5.74) is 1.57. The molecule has 0 radical (unpaired) electrons. The molecule has 1 amide bonds. The highest BCUT2D eigenvalue weighted by Gasteiger charge is 2.30. The summed E-state index contributed by atoms with van der Waals surface area (Å²) in [4.78, 5) is 16.9. The standard InChI is InChI=1S/C22H18F3N7O/c1-12-27-19(29-28-12)10-26-21(33)13-3-8-18-16(9-13)17-11-31(2)30-20(17)32(18)15-6-4-14(5-7-15)22(23,24)25/h3-9,11H,10H2,1-2H3,(H,26,33)(H,27,28,29). The van der Waals surface area contributed by atoms with Crippen LogP contribution in [0.25, 0.3) is 27.6 Å². The average molecular weight is 453 g/mol. The molecular weight excluding hydrogens is 435 g/mol. The number of aromatic nitrogens is 6. The van der Waals surface area contributed by atoms with Crippen molar-refractivity contribution in [3.63, 3.8) is 0 Å². The SMILES string of the molecule is Cc1nc(CNC(=O)c2ccc3c(c2)c2cn(C)nc2n3-c2ccc(C(F)(F)F)cc2)n[nH]1. The van der Waals surface area contributed by atoms with Gasteiger partial charge in [-0.25, -0.2) is 4.98 Å². The molecule has 3 heterocycles. The Hall–Kier alpha value is -4.15. The number of hydrogen-bond donors (Lipinski definition) is 2. The third kappa shape index (κ3) is 3.71. The van der Waals surface area contributed by atoms with Crippen molar-refractivity contribution in [2.24, 2.45) is 7.05 Å². The molecule has 0 aliphatic carbocycles. The molecule has 11 heteroatoms. The number of rotatable bonds is 4. The molecule has 5 rings (SSSR count). The van der Waals surface area contributed by atoms with E-state index in [1.165, 1.54) is 12.1 Å². The van der Waals surface area contributed by atoms with E-state index in [9.17, 15) is 18.0 Å². The Morgan fingerprint density at radius 3 is 2.55 bits per heavy atom. The Kier molecular flexibility index (Phi) is 4.69. The smallest absolute Gasteiger partial charge is 0.345 e. The van der Waals surface area contributed by atoms with Crippen LogP contribution in [-0.4, -0.2) is 35.4 Å². The number of nitrogens with zero attached hydrogens (tertiary/aromatic N) is 5. The second-order valence-electron chi connectivity index (χ2n) is 7.67. The van der Waals surface area contributed by atoms with Crippen LogP contribution in [0, 0.1) is 6.92 Å². The highest BCUT2D eigenvalue weighted by Crippen LogP contribution is 2.34. The van der Waals surface area contributed by atoms with Crippen LogP contribution in [0.15, 0.2) is 48.7 Å². The van der Waals surface area contributed by atoms with E-state index in [0.29, 0.717) is 28.5 Å². The van der Waals surface area contributed by atoms with E-state index in [1.54, 1.807) is 41.4 Å². The Morgan fingerprint density at radius 2 is 1.88 bits per heavy atom. The Balaban J connectivity index is 1.54. The van der Waals surface area contributed by atoms with Crippen molar-refractivity contribution >= 4 is 27.8 Å². The van der Waals surface area contributed by atoms with Gasteiger partial charge in [0.1, 0.15) is 5.82 Å². The number of fused-ring (bicyclic) bond motifs is 3. The first-order chi connectivity index (χ1) is 15.7.